The highest BCUT2D eigenvalue weighted by atomic mass is 32.2. The van der Waals surface area contributed by atoms with Crippen LogP contribution in [0, 0.1) is 0 Å². The molecule has 2 aliphatic rings. The molecule has 5 heterocycles. The first-order valence-electron chi connectivity index (χ1n) is 11.5. The molecule has 2 atom stereocenters. The first-order chi connectivity index (χ1) is 19.7. The zero-order valence-corrected chi connectivity index (χ0v) is 23.8. The smallest absolute Gasteiger partial charge is 0.352 e. The average Bonchev–Trinajstić information content (AvgIpc) is 3.56. The molecule has 5 rings (SSSR count). The van der Waals surface area contributed by atoms with Crippen molar-refractivity contribution in [1.29, 1.82) is 0 Å². The van der Waals surface area contributed by atoms with E-state index in [1.165, 1.54) is 23.5 Å². The maximum atomic E-state index is 13.0. The second-order valence-corrected chi connectivity index (χ2v) is 12.5. The van der Waals surface area contributed by atoms with Gasteiger partial charge in [0.05, 0.1) is 0 Å². The van der Waals surface area contributed by atoms with Crippen LogP contribution in [0.1, 0.15) is 21.2 Å². The van der Waals surface area contributed by atoms with Crippen molar-refractivity contribution in [3.05, 3.63) is 58.3 Å². The van der Waals surface area contributed by atoms with E-state index in [9.17, 15) is 34.6 Å². The number of nitrogen functional groups attached to an aromatic ring is 1. The van der Waals surface area contributed by atoms with Gasteiger partial charge in [0.15, 0.2) is 28.4 Å². The molecule has 0 radical (unpaired) electrons. The number of aromatic nitrogens is 4. The summed E-state index contributed by atoms with van der Waals surface area (Å²) in [5, 5.41) is 33.6. The van der Waals surface area contributed by atoms with Gasteiger partial charge >= 0.3 is 11.9 Å². The van der Waals surface area contributed by atoms with Crippen molar-refractivity contribution in [3.8, 4) is 0 Å². The normalized spacial score (nSPS) is 18.6. The molecule has 0 spiro atoms. The largest absolute Gasteiger partial charge is 0.477 e. The summed E-state index contributed by atoms with van der Waals surface area (Å²) in [7, 11) is 0. The molecule has 1 fully saturated rings. The summed E-state index contributed by atoms with van der Waals surface area (Å²) in [4.78, 5) is 59.1. The molecule has 6 N–H and O–H groups in total. The average molecular weight is 636 g/mol. The molecule has 3 aromatic heterocycles. The van der Waals surface area contributed by atoms with Gasteiger partial charge in [0, 0.05) is 35.2 Å². The highest BCUT2D eigenvalue weighted by Crippen LogP contribution is 2.42. The summed E-state index contributed by atoms with van der Waals surface area (Å²) in [5.74, 6) is -3.80. The van der Waals surface area contributed by atoms with Crippen LogP contribution in [0.15, 0.2) is 51.4 Å². The second kappa shape index (κ2) is 11.8. The van der Waals surface area contributed by atoms with Crippen LogP contribution in [0.25, 0.3) is 0 Å². The molecule has 0 saturated carbocycles. The van der Waals surface area contributed by atoms with Crippen molar-refractivity contribution >= 4 is 81.0 Å². The van der Waals surface area contributed by atoms with E-state index in [4.69, 9.17) is 5.73 Å². The van der Waals surface area contributed by atoms with E-state index in [1.54, 1.807) is 17.0 Å². The van der Waals surface area contributed by atoms with Gasteiger partial charge in [-0.3, -0.25) is 14.5 Å². The minimum atomic E-state index is -1.31. The number of amides is 2. The van der Waals surface area contributed by atoms with Gasteiger partial charge in [-0.05, 0) is 5.57 Å². The summed E-state index contributed by atoms with van der Waals surface area (Å²) >= 11 is 4.23. The first-order valence-corrected chi connectivity index (χ1v) is 15.1. The Balaban J connectivity index is 1.29. The monoisotopic (exact) mass is 635 g/mol. The summed E-state index contributed by atoms with van der Waals surface area (Å²) in [6.45, 7) is 0.254. The number of thioether (sulfide) groups is 2. The first kappa shape index (κ1) is 28.5. The Labute approximate surface area is 247 Å². The lowest BCUT2D eigenvalue weighted by atomic mass is 10.0. The Kier molecular flexibility index (Phi) is 8.20. The number of carboxylic acids is 2. The Morgan fingerprint density at radius 3 is 2.59 bits per heavy atom. The van der Waals surface area contributed by atoms with Crippen molar-refractivity contribution in [2.24, 2.45) is 5.16 Å². The zero-order valence-electron chi connectivity index (χ0n) is 20.5. The van der Waals surface area contributed by atoms with Gasteiger partial charge < -0.3 is 26.5 Å². The number of anilines is 1. The van der Waals surface area contributed by atoms with Crippen molar-refractivity contribution < 1.29 is 39.2 Å². The number of carboxylic acid groups (broad SMARTS) is 2. The molecule has 15 nitrogen and oxygen atoms in total. The molecule has 1 unspecified atom stereocenters. The van der Waals surface area contributed by atoms with E-state index in [1.807, 2.05) is 18.2 Å². The number of oxime groups is 1. The summed E-state index contributed by atoms with van der Waals surface area (Å²) in [5.41, 5.74) is 5.61. The van der Waals surface area contributed by atoms with Gasteiger partial charge in [0.1, 0.15) is 27.7 Å². The molecular weight excluding hydrogens is 617 g/mol. The number of β-lactam (4-membered cyclic amide) rings is 1. The van der Waals surface area contributed by atoms with Crippen LogP contribution in [0.2, 0.25) is 0 Å². The lowest BCUT2D eigenvalue weighted by Crippen LogP contribution is -2.71. The van der Waals surface area contributed by atoms with E-state index < -0.39 is 40.9 Å². The van der Waals surface area contributed by atoms with Gasteiger partial charge in [0.2, 0.25) is 11.5 Å². The third-order valence-corrected chi connectivity index (χ3v) is 10.1. The van der Waals surface area contributed by atoms with Gasteiger partial charge in [-0.2, -0.15) is 13.9 Å². The molecule has 3 aromatic rings. The SMILES string of the molecule is Nc1nc(/C(=N/O)C(=O)N[C@@H]2C(=O)N3C(C(=O)O)=C(CSc4nc(C[n+]5ccccc5)c(C(=O)O)s4)CSC23)ns1. The molecule has 0 aromatic carbocycles. The molecular formula is C22H19N8O7S4+. The maximum Gasteiger partial charge on any atom is 0.352 e. The lowest BCUT2D eigenvalue weighted by molar-refractivity contribution is -0.688. The number of fused-ring (bicyclic) bond motifs is 1. The van der Waals surface area contributed by atoms with Gasteiger partial charge in [-0.15, -0.1) is 23.1 Å². The second-order valence-electron chi connectivity index (χ2n) is 8.42. The van der Waals surface area contributed by atoms with Gasteiger partial charge in [-0.25, -0.2) is 14.6 Å². The van der Waals surface area contributed by atoms with Crippen LogP contribution >= 0.6 is 46.4 Å². The topological polar surface area (TPSA) is 225 Å². The van der Waals surface area contributed by atoms with Crippen LogP contribution < -0.4 is 15.6 Å². The van der Waals surface area contributed by atoms with E-state index >= 15 is 0 Å². The predicted molar refractivity (Wildman–Crippen MR) is 148 cm³/mol. The fourth-order valence-electron chi connectivity index (χ4n) is 4.05. The molecule has 41 heavy (non-hydrogen) atoms. The number of carbonyl (C=O) groups excluding carboxylic acids is 2. The number of rotatable bonds is 10. The van der Waals surface area contributed by atoms with Crippen LogP contribution in [0.3, 0.4) is 0 Å². The number of hydrogen-bond acceptors (Lipinski definition) is 14. The molecule has 212 valence electrons. The van der Waals surface area contributed by atoms with Crippen LogP contribution in [0.5, 0.6) is 0 Å². The van der Waals surface area contributed by atoms with Crippen molar-refractivity contribution in [1.82, 2.24) is 24.6 Å². The van der Waals surface area contributed by atoms with Gasteiger partial charge in [0.25, 0.3) is 11.8 Å². The number of nitrogens with zero attached hydrogens (tertiary/aromatic N) is 6. The van der Waals surface area contributed by atoms with E-state index in [0.717, 1.165) is 27.8 Å². The number of nitrogens with two attached hydrogens (primary N) is 1. The molecule has 19 heteroatoms. The van der Waals surface area contributed by atoms with E-state index in [-0.39, 0.29) is 39.6 Å². The number of aromatic carboxylic acids is 1. The standard InChI is InChI=1S/C22H18N8O7S4/c23-21-26-15(28-41-21)11(27-37)16(31)25-12-17(32)30-13(19(33)34)9(7-38-18(12)30)8-39-22-24-10(14(40-22)20(35)36)6-29-4-2-1-3-5-29/h1-5,12,18H,6-8H2,(H5-,23,25,26,28,31,33,34,35,36,37)/p+1/t12-,18?/m1/s1. The predicted octanol–water partition coefficient (Wildman–Crippen LogP) is 0.320. The molecule has 0 aliphatic carbocycles. The number of pyridine rings is 1. The fourth-order valence-corrected chi connectivity index (χ4v) is 7.98. The van der Waals surface area contributed by atoms with Crippen molar-refractivity contribution in [2.45, 2.75) is 22.3 Å². The Morgan fingerprint density at radius 2 is 1.95 bits per heavy atom. The number of hydrogen-bond donors (Lipinski definition) is 5. The molecule has 1 saturated heterocycles. The quantitative estimate of drug-likeness (QED) is 0.0506. The highest BCUT2D eigenvalue weighted by Gasteiger charge is 2.54. The Bertz CT molecular complexity index is 1610. The summed E-state index contributed by atoms with van der Waals surface area (Å²) in [6, 6.07) is 4.40. The number of nitrogens with one attached hydrogen (secondary N) is 1. The molecule has 2 amide bonds. The number of thiazole rings is 1. The third-order valence-electron chi connectivity index (χ3n) is 5.86. The van der Waals surface area contributed by atoms with Gasteiger partial charge in [-0.1, -0.05) is 23.0 Å². The van der Waals surface area contributed by atoms with Crippen LogP contribution in [0.4, 0.5) is 5.13 Å². The molecule has 0 bridgehead atoms. The summed E-state index contributed by atoms with van der Waals surface area (Å²) < 4.78 is 6.06. The number of aliphatic carboxylic acids is 1. The summed E-state index contributed by atoms with van der Waals surface area (Å²) in [6.07, 6.45) is 3.58. The minimum absolute atomic E-state index is 0.0487. The Hall–Kier alpha value is -4.07. The van der Waals surface area contributed by atoms with Crippen LogP contribution in [-0.2, 0) is 20.9 Å². The zero-order chi connectivity index (χ0) is 29.3. The van der Waals surface area contributed by atoms with Crippen molar-refractivity contribution in [3.63, 3.8) is 0 Å². The van der Waals surface area contributed by atoms with E-state index in [2.05, 4.69) is 24.8 Å². The number of carbonyl (C=O) groups is 4. The lowest BCUT2D eigenvalue weighted by Gasteiger charge is -2.49. The maximum absolute atomic E-state index is 13.0. The van der Waals surface area contributed by atoms with Crippen LogP contribution in [-0.4, -0.2) is 87.0 Å². The van der Waals surface area contributed by atoms with E-state index in [0.29, 0.717) is 15.6 Å². The fraction of sp³-hybridized carbons (Fsp3) is 0.227. The highest BCUT2D eigenvalue weighted by molar-refractivity contribution is 8.01. The Morgan fingerprint density at radius 1 is 1.20 bits per heavy atom. The molecule has 2 aliphatic heterocycles. The third kappa shape index (κ3) is 5.73. The minimum Gasteiger partial charge on any atom is -0.477 e. The van der Waals surface area contributed by atoms with Crippen molar-refractivity contribution in [2.75, 3.05) is 17.2 Å².